The van der Waals surface area contributed by atoms with Crippen molar-refractivity contribution in [1.29, 1.82) is 0 Å². The zero-order valence-corrected chi connectivity index (χ0v) is 9.16. The molecule has 0 saturated heterocycles. The molecule has 0 bridgehead atoms. The van der Waals surface area contributed by atoms with E-state index in [0.29, 0.717) is 12.0 Å². The molecule has 0 radical (unpaired) electrons. The topological polar surface area (TPSA) is 63.3 Å². The monoisotopic (exact) mass is 207 g/mol. The maximum absolute atomic E-state index is 11.2. The minimum atomic E-state index is -0.723. The lowest BCUT2D eigenvalue weighted by molar-refractivity contribution is 0.0810. The summed E-state index contributed by atoms with van der Waals surface area (Å²) in [6, 6.07) is 7.19. The fourth-order valence-electron chi connectivity index (χ4n) is 1.43. The van der Waals surface area contributed by atoms with Crippen LogP contribution in [0.15, 0.2) is 24.3 Å². The summed E-state index contributed by atoms with van der Waals surface area (Å²) in [5, 5.41) is 9.61. The molecule has 15 heavy (non-hydrogen) atoms. The molecule has 0 aliphatic carbocycles. The summed E-state index contributed by atoms with van der Waals surface area (Å²) >= 11 is 0. The number of hydrogen-bond acceptors (Lipinski definition) is 3. The van der Waals surface area contributed by atoms with Crippen molar-refractivity contribution in [2.45, 2.75) is 25.9 Å². The summed E-state index contributed by atoms with van der Waals surface area (Å²) in [5.41, 5.74) is 6.16. The van der Waals surface area contributed by atoms with Crippen molar-refractivity contribution in [3.8, 4) is 0 Å². The minimum Gasteiger partial charge on any atom is -0.390 e. The van der Waals surface area contributed by atoms with Crippen LogP contribution in [0.1, 0.15) is 29.8 Å². The predicted octanol–water partition coefficient (Wildman–Crippen LogP) is 1.14. The van der Waals surface area contributed by atoms with Gasteiger partial charge in [-0.25, -0.2) is 0 Å². The molecule has 3 heteroatoms. The van der Waals surface area contributed by atoms with Crippen LogP contribution < -0.4 is 5.73 Å². The standard InChI is InChI=1S/C12H17NO2/c1-12(2,15)7-9-3-5-10(6-4-9)11(14)8-13/h3-6,15H,7-8,13H2,1-2H3. The Hall–Kier alpha value is -1.19. The summed E-state index contributed by atoms with van der Waals surface area (Å²) in [5.74, 6) is -0.0650. The Balaban J connectivity index is 2.77. The Morgan fingerprint density at radius 3 is 2.27 bits per heavy atom. The van der Waals surface area contributed by atoms with E-state index in [4.69, 9.17) is 5.73 Å². The number of aliphatic hydroxyl groups is 1. The lowest BCUT2D eigenvalue weighted by Gasteiger charge is -2.16. The van der Waals surface area contributed by atoms with Crippen molar-refractivity contribution >= 4 is 5.78 Å². The number of carbonyl (C=O) groups excluding carboxylic acids is 1. The lowest BCUT2D eigenvalue weighted by atomic mass is 9.97. The molecule has 1 rings (SSSR count). The van der Waals surface area contributed by atoms with Crippen molar-refractivity contribution in [2.24, 2.45) is 5.73 Å². The van der Waals surface area contributed by atoms with Crippen molar-refractivity contribution in [3.63, 3.8) is 0 Å². The highest BCUT2D eigenvalue weighted by molar-refractivity contribution is 5.97. The molecule has 0 saturated carbocycles. The van der Waals surface area contributed by atoms with Crippen LogP contribution in [0.25, 0.3) is 0 Å². The highest BCUT2D eigenvalue weighted by Gasteiger charge is 2.13. The third kappa shape index (κ3) is 3.81. The van der Waals surface area contributed by atoms with E-state index in [9.17, 15) is 9.90 Å². The van der Waals surface area contributed by atoms with Gasteiger partial charge >= 0.3 is 0 Å². The minimum absolute atomic E-state index is 0.0326. The largest absolute Gasteiger partial charge is 0.390 e. The molecule has 3 N–H and O–H groups in total. The van der Waals surface area contributed by atoms with E-state index >= 15 is 0 Å². The number of rotatable bonds is 4. The van der Waals surface area contributed by atoms with Gasteiger partial charge in [-0.05, 0) is 19.4 Å². The first kappa shape index (κ1) is 11.9. The van der Waals surface area contributed by atoms with Gasteiger partial charge in [0.1, 0.15) is 0 Å². The van der Waals surface area contributed by atoms with E-state index in [1.165, 1.54) is 0 Å². The van der Waals surface area contributed by atoms with Crippen LogP contribution in [0.2, 0.25) is 0 Å². The number of benzene rings is 1. The summed E-state index contributed by atoms with van der Waals surface area (Å²) in [7, 11) is 0. The SMILES string of the molecule is CC(C)(O)Cc1ccc(C(=O)CN)cc1. The normalized spacial score (nSPS) is 11.5. The van der Waals surface area contributed by atoms with E-state index in [1.54, 1.807) is 26.0 Å². The van der Waals surface area contributed by atoms with Gasteiger partial charge in [-0.3, -0.25) is 4.79 Å². The molecule has 0 atom stereocenters. The molecular formula is C12H17NO2. The Morgan fingerprint density at radius 1 is 1.33 bits per heavy atom. The summed E-state index contributed by atoms with van der Waals surface area (Å²) in [6.45, 7) is 3.54. The zero-order valence-electron chi connectivity index (χ0n) is 9.16. The van der Waals surface area contributed by atoms with Crippen molar-refractivity contribution < 1.29 is 9.90 Å². The average molecular weight is 207 g/mol. The Bertz CT molecular complexity index is 336. The maximum Gasteiger partial charge on any atom is 0.176 e. The fraction of sp³-hybridized carbons (Fsp3) is 0.417. The van der Waals surface area contributed by atoms with Crippen LogP contribution in [0.4, 0.5) is 0 Å². The fourth-order valence-corrected chi connectivity index (χ4v) is 1.43. The first-order valence-electron chi connectivity index (χ1n) is 4.97. The number of hydrogen-bond donors (Lipinski definition) is 2. The number of ketones is 1. The van der Waals surface area contributed by atoms with E-state index in [2.05, 4.69) is 0 Å². The van der Waals surface area contributed by atoms with Crippen LogP contribution in [-0.2, 0) is 6.42 Å². The van der Waals surface area contributed by atoms with Gasteiger partial charge in [0.15, 0.2) is 5.78 Å². The molecule has 0 aromatic heterocycles. The quantitative estimate of drug-likeness (QED) is 0.728. The molecule has 0 spiro atoms. The van der Waals surface area contributed by atoms with Crippen LogP contribution in [-0.4, -0.2) is 23.0 Å². The summed E-state index contributed by atoms with van der Waals surface area (Å²) < 4.78 is 0. The molecule has 0 aliphatic heterocycles. The van der Waals surface area contributed by atoms with Gasteiger partial charge in [-0.1, -0.05) is 24.3 Å². The van der Waals surface area contributed by atoms with Crippen LogP contribution >= 0.6 is 0 Å². The maximum atomic E-state index is 11.2. The second-order valence-electron chi connectivity index (χ2n) is 4.31. The number of carbonyl (C=O) groups is 1. The Kier molecular flexibility index (Phi) is 3.61. The van der Waals surface area contributed by atoms with Crippen LogP contribution in [0, 0.1) is 0 Å². The summed E-state index contributed by atoms with van der Waals surface area (Å²) in [4.78, 5) is 11.2. The zero-order chi connectivity index (χ0) is 11.5. The van der Waals surface area contributed by atoms with Crippen LogP contribution in [0.5, 0.6) is 0 Å². The highest BCUT2D eigenvalue weighted by Crippen LogP contribution is 2.13. The van der Waals surface area contributed by atoms with Gasteiger partial charge in [0, 0.05) is 12.0 Å². The molecule has 0 amide bonds. The van der Waals surface area contributed by atoms with E-state index in [1.807, 2.05) is 12.1 Å². The van der Waals surface area contributed by atoms with Crippen molar-refractivity contribution in [3.05, 3.63) is 35.4 Å². The predicted molar refractivity (Wildman–Crippen MR) is 59.8 cm³/mol. The molecule has 0 heterocycles. The van der Waals surface area contributed by atoms with Gasteiger partial charge in [-0.15, -0.1) is 0 Å². The average Bonchev–Trinajstić information content (AvgIpc) is 2.15. The lowest BCUT2D eigenvalue weighted by Crippen LogP contribution is -2.21. The first-order chi connectivity index (χ1) is 6.92. The molecular weight excluding hydrogens is 190 g/mol. The van der Waals surface area contributed by atoms with Crippen molar-refractivity contribution in [2.75, 3.05) is 6.54 Å². The molecule has 3 nitrogen and oxygen atoms in total. The van der Waals surface area contributed by atoms with Crippen molar-refractivity contribution in [1.82, 2.24) is 0 Å². The number of nitrogens with two attached hydrogens (primary N) is 1. The van der Waals surface area contributed by atoms with Gasteiger partial charge in [0.25, 0.3) is 0 Å². The molecule has 1 aromatic carbocycles. The van der Waals surface area contributed by atoms with Gasteiger partial charge < -0.3 is 10.8 Å². The van der Waals surface area contributed by atoms with E-state index in [0.717, 1.165) is 5.56 Å². The third-order valence-electron chi connectivity index (χ3n) is 2.10. The smallest absolute Gasteiger partial charge is 0.176 e. The van der Waals surface area contributed by atoms with E-state index < -0.39 is 5.60 Å². The Morgan fingerprint density at radius 2 is 1.87 bits per heavy atom. The third-order valence-corrected chi connectivity index (χ3v) is 2.10. The van der Waals surface area contributed by atoms with E-state index in [-0.39, 0.29) is 12.3 Å². The summed E-state index contributed by atoms with van der Waals surface area (Å²) in [6.07, 6.45) is 0.574. The molecule has 82 valence electrons. The second kappa shape index (κ2) is 4.55. The molecule has 0 aliphatic rings. The Labute approximate surface area is 89.9 Å². The van der Waals surface area contributed by atoms with Gasteiger partial charge in [0.05, 0.1) is 12.1 Å². The highest BCUT2D eigenvalue weighted by atomic mass is 16.3. The van der Waals surface area contributed by atoms with Crippen LogP contribution in [0.3, 0.4) is 0 Å². The first-order valence-corrected chi connectivity index (χ1v) is 4.97. The number of Topliss-reactive ketones (excluding diaryl/α,β-unsaturated/α-hetero) is 1. The molecule has 1 aromatic rings. The second-order valence-corrected chi connectivity index (χ2v) is 4.31. The van der Waals surface area contributed by atoms with Gasteiger partial charge in [-0.2, -0.15) is 0 Å². The van der Waals surface area contributed by atoms with Gasteiger partial charge in [0.2, 0.25) is 0 Å². The molecule has 0 fully saturated rings. The molecule has 0 unspecified atom stereocenters.